The Kier molecular flexibility index (Phi) is 10.3. The highest BCUT2D eigenvalue weighted by molar-refractivity contribution is 7.98. The third kappa shape index (κ3) is 8.31. The number of aliphatic hydroxyl groups excluding tert-OH is 1. The van der Waals surface area contributed by atoms with Crippen molar-refractivity contribution in [3.63, 3.8) is 0 Å². The average Bonchev–Trinajstić information content (AvgIpc) is 2.67. The van der Waals surface area contributed by atoms with Crippen molar-refractivity contribution in [1.29, 1.82) is 0 Å². The van der Waals surface area contributed by atoms with Gasteiger partial charge in [-0.25, -0.2) is 9.59 Å². The number of esters is 1. The van der Waals surface area contributed by atoms with E-state index in [1.165, 1.54) is 18.7 Å². The van der Waals surface area contributed by atoms with Crippen LogP contribution >= 0.6 is 11.8 Å². The summed E-state index contributed by atoms with van der Waals surface area (Å²) in [5.41, 5.74) is 0.817. The van der Waals surface area contributed by atoms with E-state index in [-0.39, 0.29) is 6.61 Å². The largest absolute Gasteiger partial charge is 0.467 e. The van der Waals surface area contributed by atoms with Gasteiger partial charge in [0, 0.05) is 0 Å². The van der Waals surface area contributed by atoms with E-state index in [0.717, 1.165) is 12.7 Å². The van der Waals surface area contributed by atoms with Gasteiger partial charge < -0.3 is 25.2 Å². The van der Waals surface area contributed by atoms with Crippen LogP contribution in [0, 0.1) is 0 Å². The van der Waals surface area contributed by atoms with Crippen molar-refractivity contribution in [2.45, 2.75) is 38.1 Å². The Labute approximate surface area is 163 Å². The van der Waals surface area contributed by atoms with Crippen LogP contribution in [0.1, 0.15) is 18.9 Å². The topological polar surface area (TPSA) is 114 Å². The molecule has 0 saturated heterocycles. The first-order valence-electron chi connectivity index (χ1n) is 8.41. The van der Waals surface area contributed by atoms with Gasteiger partial charge in [-0.05, 0) is 30.9 Å². The SMILES string of the molecule is COC(=O)[C@@H](NC(=O)[C@@H](CCSC)NC(=O)OCc1ccccc1)[C@@H](C)O. The smallest absolute Gasteiger partial charge is 0.408 e. The fourth-order valence-electron chi connectivity index (χ4n) is 2.17. The fourth-order valence-corrected chi connectivity index (χ4v) is 2.64. The Balaban J connectivity index is 2.68. The number of benzene rings is 1. The van der Waals surface area contributed by atoms with E-state index in [2.05, 4.69) is 15.4 Å². The molecule has 3 atom stereocenters. The van der Waals surface area contributed by atoms with Crippen molar-refractivity contribution in [3.05, 3.63) is 35.9 Å². The van der Waals surface area contributed by atoms with Gasteiger partial charge in [-0.1, -0.05) is 30.3 Å². The van der Waals surface area contributed by atoms with Gasteiger partial charge in [0.15, 0.2) is 6.04 Å². The minimum Gasteiger partial charge on any atom is -0.467 e. The van der Waals surface area contributed by atoms with Gasteiger partial charge in [-0.15, -0.1) is 0 Å². The van der Waals surface area contributed by atoms with E-state index < -0.39 is 36.2 Å². The summed E-state index contributed by atoms with van der Waals surface area (Å²) in [6, 6.07) is 7.01. The zero-order valence-electron chi connectivity index (χ0n) is 15.6. The lowest BCUT2D eigenvalue weighted by atomic mass is 10.1. The molecular formula is C18H26N2O6S. The average molecular weight is 398 g/mol. The minimum absolute atomic E-state index is 0.0714. The fraction of sp³-hybridized carbons (Fsp3) is 0.500. The lowest BCUT2D eigenvalue weighted by Gasteiger charge is -2.23. The van der Waals surface area contributed by atoms with Crippen molar-refractivity contribution in [3.8, 4) is 0 Å². The number of amides is 2. The molecule has 0 heterocycles. The highest BCUT2D eigenvalue weighted by Crippen LogP contribution is 2.05. The van der Waals surface area contributed by atoms with E-state index in [4.69, 9.17) is 4.74 Å². The maximum absolute atomic E-state index is 12.5. The Morgan fingerprint density at radius 3 is 2.41 bits per heavy atom. The summed E-state index contributed by atoms with van der Waals surface area (Å²) < 4.78 is 9.71. The van der Waals surface area contributed by atoms with Gasteiger partial charge in [0.05, 0.1) is 13.2 Å². The number of thioether (sulfide) groups is 1. The second-order valence-electron chi connectivity index (χ2n) is 5.79. The highest BCUT2D eigenvalue weighted by atomic mass is 32.2. The first-order valence-corrected chi connectivity index (χ1v) is 9.80. The van der Waals surface area contributed by atoms with Gasteiger partial charge in [0.25, 0.3) is 0 Å². The number of aliphatic hydroxyl groups is 1. The van der Waals surface area contributed by atoms with Crippen LogP contribution in [0.4, 0.5) is 4.79 Å². The number of hydrogen-bond acceptors (Lipinski definition) is 7. The van der Waals surface area contributed by atoms with Crippen molar-refractivity contribution < 1.29 is 29.0 Å². The molecule has 8 nitrogen and oxygen atoms in total. The molecule has 0 bridgehead atoms. The molecule has 0 fully saturated rings. The summed E-state index contributed by atoms with van der Waals surface area (Å²) in [4.78, 5) is 36.2. The molecule has 27 heavy (non-hydrogen) atoms. The Morgan fingerprint density at radius 1 is 1.19 bits per heavy atom. The molecule has 0 saturated carbocycles. The molecule has 0 radical (unpaired) electrons. The maximum atomic E-state index is 12.5. The molecule has 2 amide bonds. The summed E-state index contributed by atoms with van der Waals surface area (Å²) in [6.45, 7) is 1.43. The highest BCUT2D eigenvalue weighted by Gasteiger charge is 2.30. The summed E-state index contributed by atoms with van der Waals surface area (Å²) in [5, 5.41) is 14.6. The molecule has 0 aliphatic rings. The van der Waals surface area contributed by atoms with Crippen molar-refractivity contribution >= 4 is 29.7 Å². The van der Waals surface area contributed by atoms with Gasteiger partial charge in [-0.2, -0.15) is 11.8 Å². The number of nitrogens with one attached hydrogen (secondary N) is 2. The number of carbonyl (C=O) groups excluding carboxylic acids is 3. The standard InChI is InChI=1S/C18H26N2O6S/c1-12(21)15(17(23)25-2)20-16(22)14(9-10-27-3)19-18(24)26-11-13-7-5-4-6-8-13/h4-8,12,14-15,21H,9-11H2,1-3H3,(H,19,24)(H,20,22)/t12-,14-,15+/m1/s1. The first-order chi connectivity index (χ1) is 12.9. The van der Waals surface area contributed by atoms with Crippen molar-refractivity contribution in [2.24, 2.45) is 0 Å². The van der Waals surface area contributed by atoms with Crippen LogP contribution in [0.25, 0.3) is 0 Å². The van der Waals surface area contributed by atoms with E-state index in [0.29, 0.717) is 12.2 Å². The molecular weight excluding hydrogens is 372 g/mol. The summed E-state index contributed by atoms with van der Waals surface area (Å²) in [5.74, 6) is -0.764. The second-order valence-corrected chi connectivity index (χ2v) is 6.78. The second kappa shape index (κ2) is 12.2. The van der Waals surface area contributed by atoms with Gasteiger partial charge in [0.1, 0.15) is 12.6 Å². The molecule has 3 N–H and O–H groups in total. The van der Waals surface area contributed by atoms with E-state index >= 15 is 0 Å². The number of alkyl carbamates (subject to hydrolysis) is 1. The molecule has 150 valence electrons. The molecule has 1 rings (SSSR count). The molecule has 0 aromatic heterocycles. The zero-order chi connectivity index (χ0) is 20.2. The van der Waals surface area contributed by atoms with Crippen LogP contribution in [0.2, 0.25) is 0 Å². The van der Waals surface area contributed by atoms with Gasteiger partial charge in [0.2, 0.25) is 5.91 Å². The summed E-state index contributed by atoms with van der Waals surface area (Å²) in [6.07, 6.45) is 0.316. The predicted molar refractivity (Wildman–Crippen MR) is 102 cm³/mol. The van der Waals surface area contributed by atoms with Crippen LogP contribution in [0.5, 0.6) is 0 Å². The molecule has 0 aliphatic carbocycles. The van der Waals surface area contributed by atoms with Crippen LogP contribution in [-0.2, 0) is 25.7 Å². The zero-order valence-corrected chi connectivity index (χ0v) is 16.5. The van der Waals surface area contributed by atoms with Gasteiger partial charge in [-0.3, -0.25) is 4.79 Å². The number of carbonyl (C=O) groups is 3. The number of rotatable bonds is 10. The van der Waals surface area contributed by atoms with E-state index in [1.54, 1.807) is 0 Å². The number of hydrogen-bond donors (Lipinski definition) is 3. The van der Waals surface area contributed by atoms with E-state index in [1.807, 2.05) is 36.6 Å². The lowest BCUT2D eigenvalue weighted by Crippen LogP contribution is -2.55. The van der Waals surface area contributed by atoms with E-state index in [9.17, 15) is 19.5 Å². The van der Waals surface area contributed by atoms with Crippen LogP contribution in [0.15, 0.2) is 30.3 Å². The molecule has 9 heteroatoms. The molecule has 1 aromatic rings. The Hall–Kier alpha value is -2.26. The number of ether oxygens (including phenoxy) is 2. The number of methoxy groups -OCH3 is 1. The van der Waals surface area contributed by atoms with Crippen LogP contribution in [0.3, 0.4) is 0 Å². The van der Waals surface area contributed by atoms with Crippen LogP contribution in [-0.4, -0.2) is 60.4 Å². The third-order valence-electron chi connectivity index (χ3n) is 3.67. The molecule has 0 unspecified atom stereocenters. The summed E-state index contributed by atoms with van der Waals surface area (Å²) in [7, 11) is 1.16. The van der Waals surface area contributed by atoms with Crippen molar-refractivity contribution in [2.75, 3.05) is 19.1 Å². The first kappa shape index (κ1) is 22.8. The molecule has 1 aromatic carbocycles. The van der Waals surface area contributed by atoms with Gasteiger partial charge >= 0.3 is 12.1 Å². The molecule has 0 spiro atoms. The Bertz CT molecular complexity index is 611. The lowest BCUT2D eigenvalue weighted by molar-refractivity contribution is -0.148. The minimum atomic E-state index is -1.22. The normalized spacial score (nSPS) is 13.8. The monoisotopic (exact) mass is 398 g/mol. The molecule has 0 aliphatic heterocycles. The summed E-state index contributed by atoms with van der Waals surface area (Å²) >= 11 is 1.51. The Morgan fingerprint density at radius 2 is 1.85 bits per heavy atom. The third-order valence-corrected chi connectivity index (χ3v) is 4.31. The van der Waals surface area contributed by atoms with Crippen molar-refractivity contribution in [1.82, 2.24) is 10.6 Å². The maximum Gasteiger partial charge on any atom is 0.408 e. The van der Waals surface area contributed by atoms with Crippen LogP contribution < -0.4 is 10.6 Å². The predicted octanol–water partition coefficient (Wildman–Crippen LogP) is 1.07. The quantitative estimate of drug-likeness (QED) is 0.505.